The monoisotopic (exact) mass is 420 g/mol. The highest BCUT2D eigenvalue weighted by atomic mass is 19.2. The highest BCUT2D eigenvalue weighted by Gasteiger charge is 2.26. The highest BCUT2D eigenvalue weighted by molar-refractivity contribution is 5.23. The van der Waals surface area contributed by atoms with Crippen LogP contribution in [0, 0.1) is 35.2 Å². The van der Waals surface area contributed by atoms with E-state index in [-0.39, 0.29) is 5.92 Å². The van der Waals surface area contributed by atoms with Crippen molar-refractivity contribution in [2.75, 3.05) is 0 Å². The fourth-order valence-electron chi connectivity index (χ4n) is 5.74. The molecule has 0 unspecified atom stereocenters. The number of hydrogen-bond acceptors (Lipinski definition) is 0. The Labute approximate surface area is 181 Å². The molecule has 0 heterocycles. The Hall–Kier alpha value is -1.25. The molecular formula is C27H39F3. The Morgan fingerprint density at radius 2 is 1.23 bits per heavy atom. The first kappa shape index (κ1) is 23.4. The van der Waals surface area contributed by atoms with Gasteiger partial charge in [-0.3, -0.25) is 0 Å². The van der Waals surface area contributed by atoms with Crippen LogP contribution in [0.15, 0.2) is 24.3 Å². The van der Waals surface area contributed by atoms with Crippen LogP contribution in [-0.2, 0) is 0 Å². The van der Waals surface area contributed by atoms with Gasteiger partial charge in [-0.2, -0.15) is 0 Å². The van der Waals surface area contributed by atoms with E-state index in [0.717, 1.165) is 43.4 Å². The summed E-state index contributed by atoms with van der Waals surface area (Å²) in [7, 11) is 0. The van der Waals surface area contributed by atoms with Crippen LogP contribution in [0.25, 0.3) is 0 Å². The minimum atomic E-state index is -1.35. The van der Waals surface area contributed by atoms with Crippen molar-refractivity contribution in [1.82, 2.24) is 0 Å². The fourth-order valence-corrected chi connectivity index (χ4v) is 5.74. The van der Waals surface area contributed by atoms with Gasteiger partial charge in [0.25, 0.3) is 0 Å². The second-order valence-corrected chi connectivity index (χ2v) is 9.83. The Balaban J connectivity index is 1.31. The number of benzene rings is 1. The molecule has 0 nitrogen and oxygen atoms in total. The average Bonchev–Trinajstić information content (AvgIpc) is 2.77. The molecule has 2 aliphatic rings. The summed E-state index contributed by atoms with van der Waals surface area (Å²) in [4.78, 5) is 0. The van der Waals surface area contributed by atoms with Crippen LogP contribution >= 0.6 is 0 Å². The molecule has 0 aromatic heterocycles. The molecule has 0 saturated heterocycles. The van der Waals surface area contributed by atoms with Crippen molar-refractivity contribution in [1.29, 1.82) is 0 Å². The molecule has 1 aromatic rings. The molecule has 0 atom stereocenters. The van der Waals surface area contributed by atoms with Gasteiger partial charge >= 0.3 is 0 Å². The molecule has 3 rings (SSSR count). The second kappa shape index (κ2) is 12.0. The van der Waals surface area contributed by atoms with E-state index in [9.17, 15) is 13.2 Å². The lowest BCUT2D eigenvalue weighted by molar-refractivity contribution is 0.222. The van der Waals surface area contributed by atoms with Crippen molar-refractivity contribution in [2.45, 2.75) is 103 Å². The van der Waals surface area contributed by atoms with Gasteiger partial charge in [0.05, 0.1) is 0 Å². The van der Waals surface area contributed by atoms with E-state index in [1.54, 1.807) is 0 Å². The number of unbranched alkanes of at least 4 members (excludes halogenated alkanes) is 2. The van der Waals surface area contributed by atoms with Gasteiger partial charge in [0.2, 0.25) is 0 Å². The Kier molecular flexibility index (Phi) is 9.33. The van der Waals surface area contributed by atoms with Crippen molar-refractivity contribution in [3.8, 4) is 0 Å². The van der Waals surface area contributed by atoms with Crippen molar-refractivity contribution < 1.29 is 13.2 Å². The lowest BCUT2D eigenvalue weighted by Crippen LogP contribution is -2.18. The predicted octanol–water partition coefficient (Wildman–Crippen LogP) is 9.10. The molecule has 2 aliphatic carbocycles. The van der Waals surface area contributed by atoms with E-state index >= 15 is 0 Å². The van der Waals surface area contributed by atoms with E-state index < -0.39 is 17.5 Å². The molecule has 0 radical (unpaired) electrons. The van der Waals surface area contributed by atoms with Gasteiger partial charge in [0.1, 0.15) is 0 Å². The van der Waals surface area contributed by atoms with E-state index in [0.29, 0.717) is 5.56 Å². The first-order valence-corrected chi connectivity index (χ1v) is 12.3. The van der Waals surface area contributed by atoms with Crippen LogP contribution in [0.1, 0.15) is 108 Å². The molecule has 168 valence electrons. The van der Waals surface area contributed by atoms with Crippen molar-refractivity contribution in [2.24, 2.45) is 17.8 Å². The first-order valence-electron chi connectivity index (χ1n) is 12.3. The minimum Gasteiger partial charge on any atom is -0.204 e. The van der Waals surface area contributed by atoms with Crippen LogP contribution in [-0.4, -0.2) is 0 Å². The average molecular weight is 421 g/mol. The molecule has 0 N–H and O–H groups in total. The Bertz CT molecular complexity index is 642. The lowest BCUT2D eigenvalue weighted by Gasteiger charge is -2.32. The third kappa shape index (κ3) is 6.89. The van der Waals surface area contributed by atoms with Gasteiger partial charge in [-0.15, -0.1) is 0 Å². The van der Waals surface area contributed by atoms with Crippen molar-refractivity contribution in [3.63, 3.8) is 0 Å². The smallest absolute Gasteiger partial charge is 0.194 e. The molecular weight excluding hydrogens is 381 g/mol. The summed E-state index contributed by atoms with van der Waals surface area (Å²) < 4.78 is 40.2. The van der Waals surface area contributed by atoms with E-state index in [1.165, 1.54) is 76.3 Å². The topological polar surface area (TPSA) is 0 Å². The van der Waals surface area contributed by atoms with Crippen LogP contribution in [0.3, 0.4) is 0 Å². The maximum Gasteiger partial charge on any atom is 0.194 e. The predicted molar refractivity (Wildman–Crippen MR) is 119 cm³/mol. The third-order valence-corrected chi connectivity index (χ3v) is 7.74. The molecule has 30 heavy (non-hydrogen) atoms. The zero-order chi connectivity index (χ0) is 21.3. The minimum absolute atomic E-state index is 0.175. The summed E-state index contributed by atoms with van der Waals surface area (Å²) in [5.74, 6) is -0.673. The molecule has 0 aliphatic heterocycles. The second-order valence-electron chi connectivity index (χ2n) is 9.83. The van der Waals surface area contributed by atoms with Gasteiger partial charge < -0.3 is 0 Å². The molecule has 2 saturated carbocycles. The number of allylic oxidation sites excluding steroid dienone is 2. The summed E-state index contributed by atoms with van der Waals surface area (Å²) >= 11 is 0. The van der Waals surface area contributed by atoms with E-state index in [1.807, 2.05) is 0 Å². The first-order chi connectivity index (χ1) is 14.6. The fraction of sp³-hybridized carbons (Fsp3) is 0.704. The van der Waals surface area contributed by atoms with Crippen LogP contribution in [0.5, 0.6) is 0 Å². The van der Waals surface area contributed by atoms with Gasteiger partial charge in [-0.1, -0.05) is 63.5 Å². The molecule has 1 aromatic carbocycles. The standard InChI is InChI=1S/C27H39F3/c1-2-3-4-5-6-7-20-8-10-21(11-9-20)12-13-22-14-16-23(17-15-22)24-18-25(28)27(30)26(29)19-24/h2-3,18-23H,4-17H2,1H3. The van der Waals surface area contributed by atoms with Gasteiger partial charge in [0.15, 0.2) is 17.5 Å². The molecule has 0 amide bonds. The SMILES string of the molecule is CC=CCCCCC1CCC(CCC2CCC(c3cc(F)c(F)c(F)c3)CC2)CC1. The summed E-state index contributed by atoms with van der Waals surface area (Å²) in [6.07, 6.45) is 22.3. The lowest BCUT2D eigenvalue weighted by atomic mass is 9.74. The Morgan fingerprint density at radius 1 is 0.733 bits per heavy atom. The molecule has 3 heteroatoms. The number of rotatable bonds is 9. The summed E-state index contributed by atoms with van der Waals surface area (Å²) in [6, 6.07) is 2.39. The Morgan fingerprint density at radius 3 is 1.77 bits per heavy atom. The summed E-state index contributed by atoms with van der Waals surface area (Å²) in [6.45, 7) is 2.10. The molecule has 0 spiro atoms. The molecule has 0 bridgehead atoms. The maximum atomic E-state index is 13.5. The maximum absolute atomic E-state index is 13.5. The quantitative estimate of drug-likeness (QED) is 0.212. The van der Waals surface area contributed by atoms with Gasteiger partial charge in [-0.05, 0) is 86.8 Å². The summed E-state index contributed by atoms with van der Waals surface area (Å²) in [5, 5.41) is 0. The molecule has 2 fully saturated rings. The normalized spacial score (nSPS) is 27.6. The number of halogens is 3. The van der Waals surface area contributed by atoms with Gasteiger partial charge in [-0.25, -0.2) is 13.2 Å². The third-order valence-electron chi connectivity index (χ3n) is 7.74. The van der Waals surface area contributed by atoms with Crippen molar-refractivity contribution >= 4 is 0 Å². The van der Waals surface area contributed by atoms with E-state index in [4.69, 9.17) is 0 Å². The zero-order valence-electron chi connectivity index (χ0n) is 18.7. The summed E-state index contributed by atoms with van der Waals surface area (Å²) in [5.41, 5.74) is 0.633. The van der Waals surface area contributed by atoms with Crippen LogP contribution in [0.2, 0.25) is 0 Å². The number of hydrogen-bond donors (Lipinski definition) is 0. The zero-order valence-corrected chi connectivity index (χ0v) is 18.7. The highest BCUT2D eigenvalue weighted by Crippen LogP contribution is 2.40. The van der Waals surface area contributed by atoms with Crippen LogP contribution < -0.4 is 0 Å². The van der Waals surface area contributed by atoms with E-state index in [2.05, 4.69) is 19.1 Å². The van der Waals surface area contributed by atoms with Gasteiger partial charge in [0, 0.05) is 0 Å². The largest absolute Gasteiger partial charge is 0.204 e. The van der Waals surface area contributed by atoms with Crippen LogP contribution in [0.4, 0.5) is 13.2 Å². The van der Waals surface area contributed by atoms with Crippen molar-refractivity contribution in [3.05, 3.63) is 47.3 Å².